The third-order valence-corrected chi connectivity index (χ3v) is 6.34. The first-order chi connectivity index (χ1) is 11.5. The number of nitrogens with two attached hydrogens (primary N) is 1. The van der Waals surface area contributed by atoms with E-state index in [1.165, 1.54) is 16.9 Å². The molecule has 3 aromatic rings. The van der Waals surface area contributed by atoms with Gasteiger partial charge in [0, 0.05) is 22.4 Å². The fourth-order valence-corrected chi connectivity index (χ4v) is 4.88. The molecule has 3 nitrogen and oxygen atoms in total. The summed E-state index contributed by atoms with van der Waals surface area (Å²) in [5, 5.41) is 0.676. The number of carbonyl (C=O) groups is 1. The van der Waals surface area contributed by atoms with Gasteiger partial charge in [0.1, 0.15) is 5.00 Å². The van der Waals surface area contributed by atoms with Crippen molar-refractivity contribution >= 4 is 55.7 Å². The Hall–Kier alpha value is -1.76. The van der Waals surface area contributed by atoms with Gasteiger partial charge in [-0.3, -0.25) is 4.79 Å². The fraction of sp³-hybridized carbons (Fsp3) is 0.111. The zero-order valence-electron chi connectivity index (χ0n) is 13.0. The summed E-state index contributed by atoms with van der Waals surface area (Å²) in [5.74, 6) is -0.428. The lowest BCUT2D eigenvalue weighted by atomic mass is 10.1. The highest BCUT2D eigenvalue weighted by atomic mass is 79.9. The van der Waals surface area contributed by atoms with Crippen molar-refractivity contribution < 1.29 is 4.79 Å². The summed E-state index contributed by atoms with van der Waals surface area (Å²) < 4.78 is 1.05. The normalized spacial score (nSPS) is 11.2. The number of hydrogen-bond acceptors (Lipinski definition) is 4. The van der Waals surface area contributed by atoms with Crippen LogP contribution in [0, 0.1) is 6.92 Å². The summed E-state index contributed by atoms with van der Waals surface area (Å²) in [6, 6.07) is 14.1. The zero-order chi connectivity index (χ0) is 17.1. The smallest absolute Gasteiger partial charge is 0.252 e. The SMILES string of the molecule is Cc1c(Cc2ccccc2)sc(N=Cc2ccc(Br)s2)c1C(N)=O. The van der Waals surface area contributed by atoms with Crippen LogP contribution >= 0.6 is 38.6 Å². The number of rotatable bonds is 5. The van der Waals surface area contributed by atoms with E-state index in [0.29, 0.717) is 10.6 Å². The van der Waals surface area contributed by atoms with Gasteiger partial charge in [0.05, 0.1) is 9.35 Å². The summed E-state index contributed by atoms with van der Waals surface area (Å²) in [4.78, 5) is 18.5. The van der Waals surface area contributed by atoms with E-state index in [4.69, 9.17) is 5.73 Å². The van der Waals surface area contributed by atoms with Gasteiger partial charge in [-0.15, -0.1) is 22.7 Å². The third kappa shape index (κ3) is 3.83. The molecule has 0 fully saturated rings. The molecule has 0 spiro atoms. The molecule has 2 N–H and O–H groups in total. The van der Waals surface area contributed by atoms with Gasteiger partial charge in [0.2, 0.25) is 0 Å². The van der Waals surface area contributed by atoms with Gasteiger partial charge < -0.3 is 5.73 Å². The number of thiophene rings is 2. The van der Waals surface area contributed by atoms with Gasteiger partial charge in [-0.25, -0.2) is 4.99 Å². The predicted octanol–water partition coefficient (Wildman–Crippen LogP) is 5.32. The van der Waals surface area contributed by atoms with E-state index in [1.54, 1.807) is 17.6 Å². The quantitative estimate of drug-likeness (QED) is 0.559. The van der Waals surface area contributed by atoms with Crippen LogP contribution in [0.5, 0.6) is 0 Å². The maximum absolute atomic E-state index is 11.9. The first-order valence-corrected chi connectivity index (χ1v) is 9.72. The molecule has 122 valence electrons. The Morgan fingerprint density at radius 1 is 1.21 bits per heavy atom. The second-order valence-electron chi connectivity index (χ2n) is 5.26. The van der Waals surface area contributed by atoms with Crippen molar-refractivity contribution in [1.29, 1.82) is 0 Å². The second-order valence-corrected chi connectivity index (χ2v) is 8.84. The first-order valence-electron chi connectivity index (χ1n) is 7.30. The van der Waals surface area contributed by atoms with E-state index in [9.17, 15) is 4.79 Å². The van der Waals surface area contributed by atoms with Crippen LogP contribution < -0.4 is 5.73 Å². The van der Waals surface area contributed by atoms with Gasteiger partial charge in [-0.05, 0) is 46.1 Å². The van der Waals surface area contributed by atoms with Crippen LogP contribution in [0.4, 0.5) is 5.00 Å². The number of aliphatic imine (C=N–C) groups is 1. The average molecular weight is 419 g/mol. The van der Waals surface area contributed by atoms with Gasteiger partial charge in [-0.2, -0.15) is 0 Å². The van der Waals surface area contributed by atoms with E-state index in [1.807, 2.05) is 37.3 Å². The Labute approximate surface area is 157 Å². The predicted molar refractivity (Wildman–Crippen MR) is 106 cm³/mol. The molecule has 0 aliphatic heterocycles. The highest BCUT2D eigenvalue weighted by molar-refractivity contribution is 9.11. The molecule has 0 bridgehead atoms. The van der Waals surface area contributed by atoms with E-state index < -0.39 is 5.91 Å². The molecule has 3 rings (SSSR count). The minimum Gasteiger partial charge on any atom is -0.365 e. The number of benzene rings is 1. The number of carbonyl (C=O) groups excluding carboxylic acids is 1. The van der Waals surface area contributed by atoms with Crippen LogP contribution in [0.25, 0.3) is 0 Å². The molecule has 0 atom stereocenters. The van der Waals surface area contributed by atoms with Crippen LogP contribution in [-0.4, -0.2) is 12.1 Å². The Kier molecular flexibility index (Phi) is 5.28. The number of hydrogen-bond donors (Lipinski definition) is 1. The molecule has 24 heavy (non-hydrogen) atoms. The Morgan fingerprint density at radius 2 is 1.96 bits per heavy atom. The minimum atomic E-state index is -0.428. The highest BCUT2D eigenvalue weighted by Gasteiger charge is 2.18. The van der Waals surface area contributed by atoms with Gasteiger partial charge in [0.25, 0.3) is 5.91 Å². The lowest BCUT2D eigenvalue weighted by molar-refractivity contribution is 0.100. The van der Waals surface area contributed by atoms with E-state index >= 15 is 0 Å². The van der Waals surface area contributed by atoms with E-state index in [-0.39, 0.29) is 0 Å². The molecule has 0 aliphatic carbocycles. The fourth-order valence-electron chi connectivity index (χ4n) is 2.40. The Balaban J connectivity index is 1.95. The van der Waals surface area contributed by atoms with Crippen molar-refractivity contribution in [3.8, 4) is 0 Å². The van der Waals surface area contributed by atoms with Crippen molar-refractivity contribution in [3.05, 3.63) is 72.7 Å². The summed E-state index contributed by atoms with van der Waals surface area (Å²) in [5.41, 5.74) is 8.24. The van der Waals surface area contributed by atoms with Crippen molar-refractivity contribution in [2.45, 2.75) is 13.3 Å². The first kappa shape index (κ1) is 17.1. The van der Waals surface area contributed by atoms with Gasteiger partial charge in [0.15, 0.2) is 0 Å². The summed E-state index contributed by atoms with van der Waals surface area (Å²) in [6.07, 6.45) is 2.55. The number of primary amides is 1. The number of amides is 1. The molecule has 0 aliphatic rings. The van der Waals surface area contributed by atoms with Gasteiger partial charge >= 0.3 is 0 Å². The lowest BCUT2D eigenvalue weighted by Crippen LogP contribution is -2.11. The van der Waals surface area contributed by atoms with E-state index in [2.05, 4.69) is 33.1 Å². The molecule has 1 aromatic carbocycles. The van der Waals surface area contributed by atoms with Crippen LogP contribution in [0.2, 0.25) is 0 Å². The zero-order valence-corrected chi connectivity index (χ0v) is 16.2. The van der Waals surface area contributed by atoms with E-state index in [0.717, 1.165) is 25.5 Å². The standard InChI is InChI=1S/C18H15BrN2OS2/c1-11-14(9-12-5-3-2-4-6-12)24-18(16(11)17(20)22)21-10-13-7-8-15(19)23-13/h2-8,10H,9H2,1H3,(H2,20,22). The molecule has 0 saturated carbocycles. The van der Waals surface area contributed by atoms with Crippen LogP contribution in [0.3, 0.4) is 0 Å². The van der Waals surface area contributed by atoms with Crippen molar-refractivity contribution in [3.63, 3.8) is 0 Å². The molecule has 2 heterocycles. The molecule has 0 saturated heterocycles. The lowest BCUT2D eigenvalue weighted by Gasteiger charge is -2.00. The largest absolute Gasteiger partial charge is 0.365 e. The average Bonchev–Trinajstić information content (AvgIpc) is 3.10. The molecular formula is C18H15BrN2OS2. The molecule has 0 unspecified atom stereocenters. The molecule has 6 heteroatoms. The topological polar surface area (TPSA) is 55.4 Å². The molecular weight excluding hydrogens is 404 g/mol. The minimum absolute atomic E-state index is 0.428. The maximum atomic E-state index is 11.9. The van der Waals surface area contributed by atoms with Crippen molar-refractivity contribution in [2.75, 3.05) is 0 Å². The maximum Gasteiger partial charge on any atom is 0.252 e. The van der Waals surface area contributed by atoms with Crippen LogP contribution in [0.1, 0.15) is 31.2 Å². The van der Waals surface area contributed by atoms with Crippen molar-refractivity contribution in [1.82, 2.24) is 0 Å². The Morgan fingerprint density at radius 3 is 2.58 bits per heavy atom. The number of halogens is 1. The number of nitrogens with zero attached hydrogens (tertiary/aromatic N) is 1. The second kappa shape index (κ2) is 7.42. The monoisotopic (exact) mass is 418 g/mol. The Bertz CT molecular complexity index is 897. The van der Waals surface area contributed by atoms with Gasteiger partial charge in [-0.1, -0.05) is 30.3 Å². The van der Waals surface area contributed by atoms with Crippen LogP contribution in [0.15, 0.2) is 51.2 Å². The highest BCUT2D eigenvalue weighted by Crippen LogP contribution is 2.36. The van der Waals surface area contributed by atoms with Crippen molar-refractivity contribution in [2.24, 2.45) is 10.7 Å². The molecule has 2 aromatic heterocycles. The molecule has 0 radical (unpaired) electrons. The summed E-state index contributed by atoms with van der Waals surface area (Å²) in [7, 11) is 0. The summed E-state index contributed by atoms with van der Waals surface area (Å²) in [6.45, 7) is 1.94. The summed E-state index contributed by atoms with van der Waals surface area (Å²) >= 11 is 6.55. The third-order valence-electron chi connectivity index (χ3n) is 3.58. The molecule has 1 amide bonds. The van der Waals surface area contributed by atoms with Crippen LogP contribution in [-0.2, 0) is 6.42 Å².